The van der Waals surface area contributed by atoms with Crippen LogP contribution >= 0.6 is 11.6 Å². The molecule has 0 spiro atoms. The summed E-state index contributed by atoms with van der Waals surface area (Å²) in [7, 11) is 0. The van der Waals surface area contributed by atoms with Crippen molar-refractivity contribution in [1.82, 2.24) is 10.6 Å². The Labute approximate surface area is 163 Å². The van der Waals surface area contributed by atoms with E-state index in [1.165, 1.54) is 6.08 Å². The van der Waals surface area contributed by atoms with Gasteiger partial charge in [-0.25, -0.2) is 4.79 Å². The Balaban J connectivity index is 1.93. The smallest absolute Gasteiger partial charge is 0.330 e. The van der Waals surface area contributed by atoms with E-state index in [9.17, 15) is 14.4 Å². The summed E-state index contributed by atoms with van der Waals surface area (Å²) in [6.07, 6.45) is 3.89. The molecule has 0 radical (unpaired) electrons. The molecule has 2 N–H and O–H groups in total. The summed E-state index contributed by atoms with van der Waals surface area (Å²) < 4.78 is 10.3. The molecule has 7 nitrogen and oxygen atoms in total. The van der Waals surface area contributed by atoms with Crippen molar-refractivity contribution in [2.75, 3.05) is 19.8 Å². The number of rotatable bonds is 9. The standard InChI is InChI=1S/C19H23ClN2O5/c1-2-26-18(24)7-6-15(10-13-8-9-21-19(13)25)22-17(23)12-27-16-5-3-4-14(20)11-16/h3-7,11,13,15H,2,8-10,12H2,1H3,(H,21,25)(H,22,23)/b7-6+. The maximum Gasteiger partial charge on any atom is 0.330 e. The first-order valence-corrected chi connectivity index (χ1v) is 9.16. The summed E-state index contributed by atoms with van der Waals surface area (Å²) >= 11 is 5.88. The number of hydrogen-bond acceptors (Lipinski definition) is 5. The van der Waals surface area contributed by atoms with Crippen LogP contribution in [-0.2, 0) is 19.1 Å². The molecule has 2 unspecified atom stereocenters. The molecule has 1 aromatic carbocycles. The number of amides is 2. The molecule has 1 aliphatic rings. The summed E-state index contributed by atoms with van der Waals surface area (Å²) in [5.41, 5.74) is 0. The second-order valence-corrected chi connectivity index (χ2v) is 6.48. The topological polar surface area (TPSA) is 93.7 Å². The summed E-state index contributed by atoms with van der Waals surface area (Å²) in [6, 6.07) is 6.24. The number of ether oxygens (including phenoxy) is 2. The van der Waals surface area contributed by atoms with Crippen molar-refractivity contribution in [1.29, 1.82) is 0 Å². The fourth-order valence-electron chi connectivity index (χ4n) is 2.70. The van der Waals surface area contributed by atoms with Gasteiger partial charge in [-0.05, 0) is 38.0 Å². The fourth-order valence-corrected chi connectivity index (χ4v) is 2.88. The summed E-state index contributed by atoms with van der Waals surface area (Å²) in [5, 5.41) is 6.05. The van der Waals surface area contributed by atoms with Crippen LogP contribution in [0.1, 0.15) is 19.8 Å². The highest BCUT2D eigenvalue weighted by Gasteiger charge is 2.27. The highest BCUT2D eigenvalue weighted by atomic mass is 35.5. The van der Waals surface area contributed by atoms with Gasteiger partial charge in [0.2, 0.25) is 5.91 Å². The van der Waals surface area contributed by atoms with Crippen LogP contribution in [0.25, 0.3) is 0 Å². The van der Waals surface area contributed by atoms with Crippen LogP contribution in [0.5, 0.6) is 5.75 Å². The first-order chi connectivity index (χ1) is 13.0. The van der Waals surface area contributed by atoms with E-state index in [0.717, 1.165) is 0 Å². The summed E-state index contributed by atoms with van der Waals surface area (Å²) in [4.78, 5) is 35.6. The quantitative estimate of drug-likeness (QED) is 0.492. The number of hydrogen-bond donors (Lipinski definition) is 2. The zero-order valence-corrected chi connectivity index (χ0v) is 15.8. The number of halogens is 1. The van der Waals surface area contributed by atoms with E-state index in [1.807, 2.05) is 0 Å². The minimum absolute atomic E-state index is 0.0473. The zero-order valence-electron chi connectivity index (χ0n) is 15.1. The van der Waals surface area contributed by atoms with Gasteiger partial charge in [0.25, 0.3) is 5.91 Å². The van der Waals surface area contributed by atoms with Gasteiger partial charge in [0.15, 0.2) is 6.61 Å². The van der Waals surface area contributed by atoms with Crippen LogP contribution < -0.4 is 15.4 Å². The van der Waals surface area contributed by atoms with E-state index in [4.69, 9.17) is 21.1 Å². The third-order valence-electron chi connectivity index (χ3n) is 3.96. The molecule has 0 aliphatic carbocycles. The highest BCUT2D eigenvalue weighted by Crippen LogP contribution is 2.18. The zero-order chi connectivity index (χ0) is 19.6. The average Bonchev–Trinajstić information content (AvgIpc) is 3.03. The second kappa shape index (κ2) is 10.6. The van der Waals surface area contributed by atoms with Crippen molar-refractivity contribution in [3.05, 3.63) is 41.4 Å². The molecule has 1 saturated heterocycles. The van der Waals surface area contributed by atoms with Crippen molar-refractivity contribution in [2.45, 2.75) is 25.8 Å². The van der Waals surface area contributed by atoms with Gasteiger partial charge in [-0.1, -0.05) is 23.7 Å². The molecule has 1 fully saturated rings. The van der Waals surface area contributed by atoms with Crippen LogP contribution in [0.15, 0.2) is 36.4 Å². The Bertz CT molecular complexity index is 707. The molecule has 1 heterocycles. The Morgan fingerprint density at radius 2 is 2.26 bits per heavy atom. The van der Waals surface area contributed by atoms with Crippen LogP contribution in [-0.4, -0.2) is 43.6 Å². The first-order valence-electron chi connectivity index (χ1n) is 8.78. The third-order valence-corrected chi connectivity index (χ3v) is 4.20. The number of carbonyl (C=O) groups excluding carboxylic acids is 3. The average molecular weight is 395 g/mol. The van der Waals surface area contributed by atoms with Crippen molar-refractivity contribution < 1.29 is 23.9 Å². The van der Waals surface area contributed by atoms with Crippen LogP contribution in [0.4, 0.5) is 0 Å². The molecule has 2 rings (SSSR count). The molecule has 8 heteroatoms. The lowest BCUT2D eigenvalue weighted by atomic mass is 9.98. The highest BCUT2D eigenvalue weighted by molar-refractivity contribution is 6.30. The van der Waals surface area contributed by atoms with Gasteiger partial charge in [-0.3, -0.25) is 9.59 Å². The number of esters is 1. The van der Waals surface area contributed by atoms with Gasteiger partial charge in [-0.15, -0.1) is 0 Å². The lowest BCUT2D eigenvalue weighted by Gasteiger charge is -2.18. The molecule has 2 atom stereocenters. The molecule has 0 saturated carbocycles. The first kappa shape index (κ1) is 20.8. The molecule has 2 amide bonds. The van der Waals surface area contributed by atoms with E-state index in [2.05, 4.69) is 10.6 Å². The predicted molar refractivity (Wildman–Crippen MR) is 100 cm³/mol. The molecule has 0 bridgehead atoms. The van der Waals surface area contributed by atoms with Crippen molar-refractivity contribution >= 4 is 29.4 Å². The maximum absolute atomic E-state index is 12.2. The van der Waals surface area contributed by atoms with Crippen LogP contribution in [0, 0.1) is 5.92 Å². The fraction of sp³-hybridized carbons (Fsp3) is 0.421. The molecular formula is C19H23ClN2O5. The Kier molecular flexibility index (Phi) is 8.13. The molecule has 146 valence electrons. The Hall–Kier alpha value is -2.54. The molecule has 1 aliphatic heterocycles. The van der Waals surface area contributed by atoms with E-state index >= 15 is 0 Å². The second-order valence-electron chi connectivity index (χ2n) is 6.04. The van der Waals surface area contributed by atoms with E-state index in [1.54, 1.807) is 37.3 Å². The van der Waals surface area contributed by atoms with Gasteiger partial charge >= 0.3 is 5.97 Å². The lowest BCUT2D eigenvalue weighted by molar-refractivity contribution is -0.137. The molecule has 0 aromatic heterocycles. The van der Waals surface area contributed by atoms with Crippen LogP contribution in [0.3, 0.4) is 0 Å². The van der Waals surface area contributed by atoms with E-state index in [0.29, 0.717) is 30.2 Å². The lowest BCUT2D eigenvalue weighted by Crippen LogP contribution is -2.39. The van der Waals surface area contributed by atoms with E-state index < -0.39 is 12.0 Å². The molecule has 27 heavy (non-hydrogen) atoms. The van der Waals surface area contributed by atoms with Gasteiger partial charge in [0, 0.05) is 29.6 Å². The minimum Gasteiger partial charge on any atom is -0.484 e. The predicted octanol–water partition coefficient (Wildman–Crippen LogP) is 1.85. The number of benzene rings is 1. The summed E-state index contributed by atoms with van der Waals surface area (Å²) in [6.45, 7) is 2.38. The van der Waals surface area contributed by atoms with E-state index in [-0.39, 0.29) is 30.9 Å². The largest absolute Gasteiger partial charge is 0.484 e. The minimum atomic E-state index is -0.497. The number of carbonyl (C=O) groups is 3. The summed E-state index contributed by atoms with van der Waals surface area (Å²) in [5.74, 6) is -0.647. The Morgan fingerprint density at radius 1 is 1.44 bits per heavy atom. The molecule has 1 aromatic rings. The Morgan fingerprint density at radius 3 is 2.93 bits per heavy atom. The van der Waals surface area contributed by atoms with Crippen molar-refractivity contribution in [3.63, 3.8) is 0 Å². The normalized spacial score (nSPS) is 17.4. The van der Waals surface area contributed by atoms with Gasteiger partial charge < -0.3 is 20.1 Å². The van der Waals surface area contributed by atoms with Crippen molar-refractivity contribution in [3.8, 4) is 5.75 Å². The SMILES string of the molecule is CCOC(=O)/C=C/C(CC1CCNC1=O)NC(=O)COc1cccc(Cl)c1. The van der Waals surface area contributed by atoms with Gasteiger partial charge in [0.05, 0.1) is 6.61 Å². The maximum atomic E-state index is 12.2. The molecular weight excluding hydrogens is 372 g/mol. The van der Waals surface area contributed by atoms with Crippen LogP contribution in [0.2, 0.25) is 5.02 Å². The van der Waals surface area contributed by atoms with Gasteiger partial charge in [-0.2, -0.15) is 0 Å². The van der Waals surface area contributed by atoms with Crippen molar-refractivity contribution in [2.24, 2.45) is 5.92 Å². The number of nitrogens with one attached hydrogen (secondary N) is 2. The monoisotopic (exact) mass is 394 g/mol. The third kappa shape index (κ3) is 7.30. The van der Waals surface area contributed by atoms with Gasteiger partial charge in [0.1, 0.15) is 5.75 Å².